The van der Waals surface area contributed by atoms with Crippen molar-refractivity contribution in [2.75, 3.05) is 26.4 Å². The number of nitrogens with one attached hydrogen (secondary N) is 3. The molecule has 2 saturated carbocycles. The number of hydrogen-bond donors (Lipinski definition) is 4. The molecule has 0 aromatic carbocycles. The first-order valence-corrected chi connectivity index (χ1v) is 17.6. The van der Waals surface area contributed by atoms with Gasteiger partial charge >= 0.3 is 6.03 Å². The Morgan fingerprint density at radius 2 is 1.56 bits per heavy atom. The number of nitrogens with zero attached hydrogens (tertiary/aromatic N) is 2. The van der Waals surface area contributed by atoms with E-state index >= 15 is 0 Å². The summed E-state index contributed by atoms with van der Waals surface area (Å²) in [5.74, 6) is -2.78. The highest BCUT2D eigenvalue weighted by Crippen LogP contribution is 2.65. The Labute approximate surface area is 268 Å². The van der Waals surface area contributed by atoms with E-state index in [4.69, 9.17) is 5.73 Å². The average molecular weight is 655 g/mol. The van der Waals surface area contributed by atoms with Crippen molar-refractivity contribution >= 4 is 39.6 Å². The number of Topliss-reactive ketones (excluding diaryl/α,β-unsaturated/α-hetero) is 1. The van der Waals surface area contributed by atoms with Gasteiger partial charge in [-0.1, -0.05) is 74.7 Å². The lowest BCUT2D eigenvalue weighted by Gasteiger charge is -2.39. The van der Waals surface area contributed by atoms with E-state index in [-0.39, 0.29) is 29.7 Å². The van der Waals surface area contributed by atoms with Crippen molar-refractivity contribution in [3.8, 4) is 0 Å². The molecule has 1 unspecified atom stereocenters. The molecule has 256 valence electrons. The van der Waals surface area contributed by atoms with Crippen LogP contribution in [-0.4, -0.2) is 97.7 Å². The smallest absolute Gasteiger partial charge is 0.315 e. The van der Waals surface area contributed by atoms with Gasteiger partial charge in [-0.05, 0) is 40.4 Å². The summed E-state index contributed by atoms with van der Waals surface area (Å²) in [6.45, 7) is 15.5. The molecule has 1 saturated heterocycles. The number of ketones is 1. The van der Waals surface area contributed by atoms with Crippen LogP contribution < -0.4 is 21.7 Å². The van der Waals surface area contributed by atoms with Crippen LogP contribution in [0.5, 0.6) is 0 Å². The van der Waals surface area contributed by atoms with Crippen LogP contribution in [-0.2, 0) is 29.2 Å². The number of piperidine rings is 1. The molecule has 3 aliphatic rings. The maximum atomic E-state index is 14.2. The van der Waals surface area contributed by atoms with Crippen LogP contribution in [0.4, 0.5) is 4.79 Å². The number of rotatable bonds is 12. The number of likely N-dealkylation sites (N-methyl/N-ethyl adjacent to an activating group) is 1. The van der Waals surface area contributed by atoms with Gasteiger partial charge in [-0.25, -0.2) is 17.5 Å². The van der Waals surface area contributed by atoms with Crippen molar-refractivity contribution in [3.05, 3.63) is 0 Å². The summed E-state index contributed by atoms with van der Waals surface area (Å²) in [6.07, 6.45) is 4.26. The molecule has 13 nitrogen and oxygen atoms in total. The Morgan fingerprint density at radius 3 is 2.00 bits per heavy atom. The second-order valence-corrected chi connectivity index (χ2v) is 18.2. The summed E-state index contributed by atoms with van der Waals surface area (Å²) in [5.41, 5.74) is 3.84. The summed E-state index contributed by atoms with van der Waals surface area (Å²) in [5, 5.41) is 8.45. The number of amides is 5. The topological polar surface area (TPSA) is 188 Å². The third-order valence-corrected chi connectivity index (χ3v) is 11.5. The lowest BCUT2D eigenvalue weighted by atomic mass is 9.80. The molecular weight excluding hydrogens is 600 g/mol. The molecule has 3 fully saturated rings. The standard InChI is InChI=1S/C31H54N6O7S/c1-29(2,3)20(16-36(9)45(10,43)44)34-28(42)35-24(30(4,5)6)27(41)37-15-18-21(31(18,7)8)22(37)26(40)33-19(23(38)25(32)39)14-17-12-11-13-17/h17-22,24H,11-16H2,1-10H3,(H2,32,39)(H,33,40)(H2,34,35,42)/t18-,19?,20+,21-,22-,24+/m0/s1. The van der Waals surface area contributed by atoms with E-state index in [1.165, 1.54) is 11.9 Å². The van der Waals surface area contributed by atoms with Crippen LogP contribution in [0, 0.1) is 34.0 Å². The van der Waals surface area contributed by atoms with Crippen molar-refractivity contribution in [2.45, 2.75) is 105 Å². The van der Waals surface area contributed by atoms with E-state index in [0.29, 0.717) is 13.0 Å². The number of sulfonamides is 1. The summed E-state index contributed by atoms with van der Waals surface area (Å²) < 4.78 is 25.3. The Morgan fingerprint density at radius 1 is 0.978 bits per heavy atom. The fourth-order valence-corrected chi connectivity index (χ4v) is 7.03. The molecule has 5 N–H and O–H groups in total. The first-order valence-electron chi connectivity index (χ1n) is 15.8. The van der Waals surface area contributed by atoms with Gasteiger partial charge in [0.1, 0.15) is 12.1 Å². The number of hydrogen-bond acceptors (Lipinski definition) is 7. The van der Waals surface area contributed by atoms with Gasteiger partial charge in [0.25, 0.3) is 5.91 Å². The van der Waals surface area contributed by atoms with Gasteiger partial charge < -0.3 is 26.6 Å². The number of carbonyl (C=O) groups excluding carboxylic acids is 5. The van der Waals surface area contributed by atoms with Gasteiger partial charge in [0.05, 0.1) is 12.3 Å². The molecule has 0 radical (unpaired) electrons. The number of fused-ring (bicyclic) bond motifs is 1. The molecule has 0 bridgehead atoms. The number of carbonyl (C=O) groups is 5. The molecule has 5 amide bonds. The summed E-state index contributed by atoms with van der Waals surface area (Å²) >= 11 is 0. The second kappa shape index (κ2) is 12.8. The fraction of sp³-hybridized carbons (Fsp3) is 0.839. The molecule has 45 heavy (non-hydrogen) atoms. The molecule has 2 aliphatic carbocycles. The molecule has 6 atom stereocenters. The Kier molecular flexibility index (Phi) is 10.5. The highest BCUT2D eigenvalue weighted by Gasteiger charge is 2.70. The van der Waals surface area contributed by atoms with Gasteiger partial charge in [0.2, 0.25) is 27.6 Å². The van der Waals surface area contributed by atoms with Crippen molar-refractivity contribution in [2.24, 2.45) is 39.7 Å². The molecule has 1 heterocycles. The summed E-state index contributed by atoms with van der Waals surface area (Å²) in [4.78, 5) is 67.5. The number of urea groups is 1. The van der Waals surface area contributed by atoms with Gasteiger partial charge in [-0.3, -0.25) is 19.2 Å². The third kappa shape index (κ3) is 8.35. The van der Waals surface area contributed by atoms with Crippen LogP contribution in [0.25, 0.3) is 0 Å². The average Bonchev–Trinajstić information content (AvgIpc) is 3.18. The minimum Gasteiger partial charge on any atom is -0.363 e. The van der Waals surface area contributed by atoms with Gasteiger partial charge in [-0.15, -0.1) is 0 Å². The number of nitrogens with two attached hydrogens (primary N) is 1. The zero-order valence-corrected chi connectivity index (χ0v) is 29.3. The largest absolute Gasteiger partial charge is 0.363 e. The third-order valence-electron chi connectivity index (χ3n) is 10.2. The minimum atomic E-state index is -3.50. The van der Waals surface area contributed by atoms with E-state index in [0.717, 1.165) is 29.8 Å². The van der Waals surface area contributed by atoms with Crippen molar-refractivity contribution in [3.63, 3.8) is 0 Å². The quantitative estimate of drug-likeness (QED) is 0.228. The molecule has 14 heteroatoms. The first-order chi connectivity index (χ1) is 20.4. The predicted octanol–water partition coefficient (Wildman–Crippen LogP) is 1.22. The fourth-order valence-electron chi connectivity index (χ4n) is 6.61. The highest BCUT2D eigenvalue weighted by molar-refractivity contribution is 7.88. The molecule has 0 spiro atoms. The Hall–Kier alpha value is -2.74. The van der Waals surface area contributed by atoms with Crippen molar-refractivity contribution in [1.82, 2.24) is 25.2 Å². The lowest BCUT2D eigenvalue weighted by molar-refractivity contribution is -0.145. The normalized spacial score (nSPS) is 25.0. The summed E-state index contributed by atoms with van der Waals surface area (Å²) in [6, 6.07) is -4.19. The Balaban J connectivity index is 1.83. The molecule has 0 aromatic rings. The zero-order valence-electron chi connectivity index (χ0n) is 28.5. The number of likely N-dealkylation sites (tertiary alicyclic amines) is 1. The van der Waals surface area contributed by atoms with Crippen LogP contribution in [0.1, 0.15) is 81.1 Å². The maximum Gasteiger partial charge on any atom is 0.315 e. The lowest BCUT2D eigenvalue weighted by Crippen LogP contribution is -2.62. The SMILES string of the molecule is CN(C[C@@H](NC(=O)N[C@H](C(=O)N1C[C@H]2[C@@H]([C@H]1C(=O)NC(CC1CCC1)C(=O)C(N)=O)C2(C)C)C(C)(C)C)C(C)(C)C)S(C)(=O)=O. The van der Waals surface area contributed by atoms with E-state index in [2.05, 4.69) is 16.0 Å². The Bertz CT molecular complexity index is 1300. The van der Waals surface area contributed by atoms with Crippen molar-refractivity contribution < 1.29 is 32.4 Å². The van der Waals surface area contributed by atoms with Gasteiger partial charge in [0, 0.05) is 26.2 Å². The molecule has 1 aliphatic heterocycles. The molecule has 0 aromatic heterocycles. The zero-order chi connectivity index (χ0) is 34.4. The van der Waals surface area contributed by atoms with Crippen LogP contribution in [0.15, 0.2) is 0 Å². The predicted molar refractivity (Wildman–Crippen MR) is 170 cm³/mol. The van der Waals surface area contributed by atoms with Crippen LogP contribution >= 0.6 is 0 Å². The van der Waals surface area contributed by atoms with E-state index in [1.54, 1.807) is 0 Å². The van der Waals surface area contributed by atoms with Gasteiger partial charge in [0.15, 0.2) is 0 Å². The highest BCUT2D eigenvalue weighted by atomic mass is 32.2. The van der Waals surface area contributed by atoms with E-state index in [9.17, 15) is 32.4 Å². The number of primary amides is 1. The monoisotopic (exact) mass is 654 g/mol. The first kappa shape index (κ1) is 36.7. The van der Waals surface area contributed by atoms with Crippen LogP contribution in [0.2, 0.25) is 0 Å². The summed E-state index contributed by atoms with van der Waals surface area (Å²) in [7, 11) is -2.06. The van der Waals surface area contributed by atoms with Crippen molar-refractivity contribution in [1.29, 1.82) is 0 Å². The maximum absolute atomic E-state index is 14.2. The van der Waals surface area contributed by atoms with Crippen LogP contribution in [0.3, 0.4) is 0 Å². The van der Waals surface area contributed by atoms with E-state index < -0.39 is 74.6 Å². The molecule has 3 rings (SSSR count). The van der Waals surface area contributed by atoms with E-state index in [1.807, 2.05) is 55.4 Å². The van der Waals surface area contributed by atoms with Gasteiger partial charge in [-0.2, -0.15) is 0 Å². The minimum absolute atomic E-state index is 0.0305. The second-order valence-electron chi connectivity index (χ2n) is 16.1. The molecular formula is C31H54N6O7S.